The number of benzene rings is 1. The summed E-state index contributed by atoms with van der Waals surface area (Å²) in [7, 11) is 1.64. The molecule has 1 aliphatic heterocycles. The van der Waals surface area contributed by atoms with Crippen LogP contribution in [0.2, 0.25) is 0 Å². The summed E-state index contributed by atoms with van der Waals surface area (Å²) in [6.45, 7) is 4.74. The Morgan fingerprint density at radius 2 is 2.22 bits per heavy atom. The molecule has 1 fully saturated rings. The number of hydrogen-bond donors (Lipinski definition) is 1. The van der Waals surface area contributed by atoms with Crippen LogP contribution in [0.3, 0.4) is 0 Å². The van der Waals surface area contributed by atoms with E-state index in [0.717, 1.165) is 33.9 Å². The highest BCUT2D eigenvalue weighted by Gasteiger charge is 2.28. The van der Waals surface area contributed by atoms with Gasteiger partial charge in [0.15, 0.2) is 0 Å². The van der Waals surface area contributed by atoms with Crippen molar-refractivity contribution in [2.24, 2.45) is 0 Å². The predicted octanol–water partition coefficient (Wildman–Crippen LogP) is 2.48. The minimum atomic E-state index is -0.617. The van der Waals surface area contributed by atoms with Gasteiger partial charge in [-0.3, -0.25) is 0 Å². The van der Waals surface area contributed by atoms with E-state index in [-0.39, 0.29) is 6.10 Å². The van der Waals surface area contributed by atoms with E-state index in [1.165, 1.54) is 0 Å². The van der Waals surface area contributed by atoms with Gasteiger partial charge in [0.2, 0.25) is 0 Å². The molecule has 1 heterocycles. The summed E-state index contributed by atoms with van der Waals surface area (Å²) in [6, 6.07) is 4.03. The quantitative estimate of drug-likeness (QED) is 0.914. The second-order valence-electron chi connectivity index (χ2n) is 4.63. The summed E-state index contributed by atoms with van der Waals surface area (Å²) in [5.41, 5.74) is 3.05. The van der Waals surface area contributed by atoms with Crippen molar-refractivity contribution >= 4 is 11.8 Å². The van der Waals surface area contributed by atoms with E-state index >= 15 is 0 Å². The minimum absolute atomic E-state index is 0.140. The number of aliphatic hydroxyl groups excluding tert-OH is 1. The normalized spacial score (nSPS) is 21.7. The molecule has 0 aliphatic carbocycles. The SMILES string of the molecule is COc1cc(C)cc(C)c1C(O)C1CSCCO1. The van der Waals surface area contributed by atoms with Crippen LogP contribution < -0.4 is 4.74 Å². The van der Waals surface area contributed by atoms with Gasteiger partial charge in [0.25, 0.3) is 0 Å². The zero-order valence-electron chi connectivity index (χ0n) is 11.1. The van der Waals surface area contributed by atoms with Crippen molar-refractivity contribution in [3.05, 3.63) is 28.8 Å². The second-order valence-corrected chi connectivity index (χ2v) is 5.78. The molecule has 3 nitrogen and oxygen atoms in total. The lowest BCUT2D eigenvalue weighted by Crippen LogP contribution is -2.30. The third kappa shape index (κ3) is 2.82. The van der Waals surface area contributed by atoms with Gasteiger partial charge in [-0.05, 0) is 31.0 Å². The molecule has 0 radical (unpaired) electrons. The maximum Gasteiger partial charge on any atom is 0.125 e. The van der Waals surface area contributed by atoms with Crippen LogP contribution in [0.15, 0.2) is 12.1 Å². The fraction of sp³-hybridized carbons (Fsp3) is 0.571. The molecule has 2 rings (SSSR count). The molecular weight excluding hydrogens is 248 g/mol. The molecule has 1 saturated heterocycles. The Morgan fingerprint density at radius 1 is 1.44 bits per heavy atom. The summed E-state index contributed by atoms with van der Waals surface area (Å²) >= 11 is 1.82. The molecule has 4 heteroatoms. The topological polar surface area (TPSA) is 38.7 Å². The van der Waals surface area contributed by atoms with Crippen LogP contribution in [0.4, 0.5) is 0 Å². The van der Waals surface area contributed by atoms with Crippen LogP contribution in [-0.2, 0) is 4.74 Å². The summed E-state index contributed by atoms with van der Waals surface area (Å²) in [5, 5.41) is 10.5. The molecule has 18 heavy (non-hydrogen) atoms. The zero-order chi connectivity index (χ0) is 13.1. The van der Waals surface area contributed by atoms with Crippen molar-refractivity contribution in [1.82, 2.24) is 0 Å². The van der Waals surface area contributed by atoms with Gasteiger partial charge in [-0.1, -0.05) is 6.07 Å². The second kappa shape index (κ2) is 5.95. The molecule has 0 spiro atoms. The highest BCUT2D eigenvalue weighted by Crippen LogP contribution is 2.34. The van der Waals surface area contributed by atoms with Gasteiger partial charge in [-0.25, -0.2) is 0 Å². The largest absolute Gasteiger partial charge is 0.496 e. The first-order valence-electron chi connectivity index (χ1n) is 6.16. The van der Waals surface area contributed by atoms with E-state index in [0.29, 0.717) is 6.61 Å². The molecule has 0 aromatic heterocycles. The Morgan fingerprint density at radius 3 is 2.83 bits per heavy atom. The highest BCUT2D eigenvalue weighted by atomic mass is 32.2. The van der Waals surface area contributed by atoms with Crippen molar-refractivity contribution < 1.29 is 14.6 Å². The Hall–Kier alpha value is -0.710. The summed E-state index contributed by atoms with van der Waals surface area (Å²) in [6.07, 6.45) is -0.757. The fourth-order valence-electron chi connectivity index (χ4n) is 2.36. The lowest BCUT2D eigenvalue weighted by Gasteiger charge is -2.29. The maximum absolute atomic E-state index is 10.5. The Bertz CT molecular complexity index is 414. The van der Waals surface area contributed by atoms with Gasteiger partial charge >= 0.3 is 0 Å². The van der Waals surface area contributed by atoms with Crippen LogP contribution >= 0.6 is 11.8 Å². The van der Waals surface area contributed by atoms with E-state index in [1.807, 2.05) is 31.7 Å². The monoisotopic (exact) mass is 268 g/mol. The van der Waals surface area contributed by atoms with Gasteiger partial charge in [0.05, 0.1) is 19.8 Å². The fourth-order valence-corrected chi connectivity index (χ4v) is 3.25. The number of aryl methyl sites for hydroxylation is 2. The van der Waals surface area contributed by atoms with Crippen LogP contribution in [-0.4, -0.2) is 36.4 Å². The predicted molar refractivity (Wildman–Crippen MR) is 74.5 cm³/mol. The third-order valence-corrected chi connectivity index (χ3v) is 4.22. The molecule has 1 aromatic carbocycles. The van der Waals surface area contributed by atoms with Gasteiger partial charge in [-0.15, -0.1) is 0 Å². The van der Waals surface area contributed by atoms with Crippen molar-refractivity contribution in [3.8, 4) is 5.75 Å². The lowest BCUT2D eigenvalue weighted by atomic mass is 9.97. The number of hydrogen-bond acceptors (Lipinski definition) is 4. The standard InChI is InChI=1S/C14H20O3S/c1-9-6-10(2)13(11(7-9)16-3)14(15)12-8-18-5-4-17-12/h6-7,12,14-15H,4-5,8H2,1-3H3. The van der Waals surface area contributed by atoms with E-state index in [4.69, 9.17) is 9.47 Å². The van der Waals surface area contributed by atoms with Crippen molar-refractivity contribution in [2.45, 2.75) is 26.1 Å². The molecule has 0 saturated carbocycles. The number of aliphatic hydroxyl groups is 1. The van der Waals surface area contributed by atoms with Crippen molar-refractivity contribution in [2.75, 3.05) is 25.2 Å². The first-order chi connectivity index (χ1) is 8.63. The van der Waals surface area contributed by atoms with Gasteiger partial charge < -0.3 is 14.6 Å². The van der Waals surface area contributed by atoms with E-state index < -0.39 is 6.10 Å². The molecular formula is C14H20O3S. The van der Waals surface area contributed by atoms with Crippen LogP contribution in [0.5, 0.6) is 5.75 Å². The zero-order valence-corrected chi connectivity index (χ0v) is 11.9. The first kappa shape index (κ1) is 13.7. The average Bonchev–Trinajstić information content (AvgIpc) is 2.38. The maximum atomic E-state index is 10.5. The molecule has 2 atom stereocenters. The molecule has 2 unspecified atom stereocenters. The van der Waals surface area contributed by atoms with Crippen LogP contribution in [0.25, 0.3) is 0 Å². The van der Waals surface area contributed by atoms with Gasteiger partial charge in [0, 0.05) is 17.1 Å². The minimum Gasteiger partial charge on any atom is -0.496 e. The van der Waals surface area contributed by atoms with Gasteiger partial charge in [-0.2, -0.15) is 11.8 Å². The van der Waals surface area contributed by atoms with Crippen molar-refractivity contribution in [3.63, 3.8) is 0 Å². The number of thioether (sulfide) groups is 1. The number of rotatable bonds is 3. The van der Waals surface area contributed by atoms with Crippen LogP contribution in [0, 0.1) is 13.8 Å². The average molecular weight is 268 g/mol. The Balaban J connectivity index is 2.30. The van der Waals surface area contributed by atoms with E-state index in [9.17, 15) is 5.11 Å². The molecule has 1 aromatic rings. The van der Waals surface area contributed by atoms with E-state index in [2.05, 4.69) is 6.07 Å². The Labute approximate surface area is 112 Å². The third-order valence-electron chi connectivity index (χ3n) is 3.20. The smallest absolute Gasteiger partial charge is 0.125 e. The number of ether oxygens (including phenoxy) is 2. The van der Waals surface area contributed by atoms with Gasteiger partial charge in [0.1, 0.15) is 11.9 Å². The highest BCUT2D eigenvalue weighted by molar-refractivity contribution is 7.99. The van der Waals surface area contributed by atoms with E-state index in [1.54, 1.807) is 7.11 Å². The molecule has 1 N–H and O–H groups in total. The summed E-state index contributed by atoms with van der Waals surface area (Å²) in [4.78, 5) is 0. The first-order valence-corrected chi connectivity index (χ1v) is 7.31. The molecule has 100 valence electrons. The summed E-state index contributed by atoms with van der Waals surface area (Å²) in [5.74, 6) is 2.59. The number of methoxy groups -OCH3 is 1. The Kier molecular flexibility index (Phi) is 4.54. The lowest BCUT2D eigenvalue weighted by molar-refractivity contribution is -0.0238. The summed E-state index contributed by atoms with van der Waals surface area (Å²) < 4.78 is 11.0. The molecule has 0 amide bonds. The van der Waals surface area contributed by atoms with Crippen molar-refractivity contribution in [1.29, 1.82) is 0 Å². The molecule has 1 aliphatic rings. The van der Waals surface area contributed by atoms with Crippen LogP contribution in [0.1, 0.15) is 22.8 Å². The molecule has 0 bridgehead atoms.